The molecule has 0 aliphatic heterocycles. The molecule has 0 fully saturated rings. The minimum atomic E-state index is -0.299. The van der Waals surface area contributed by atoms with Crippen molar-refractivity contribution < 1.29 is 9.59 Å². The van der Waals surface area contributed by atoms with Gasteiger partial charge in [-0.1, -0.05) is 29.8 Å². The number of halogens is 1. The Morgan fingerprint density at radius 3 is 2.30 bits per heavy atom. The Bertz CT molecular complexity index is 712. The quantitative estimate of drug-likeness (QED) is 0.898. The third kappa shape index (κ3) is 4.11. The van der Waals surface area contributed by atoms with Crippen molar-refractivity contribution >= 4 is 29.1 Å². The Kier molecular flexibility index (Phi) is 5.77. The fourth-order valence-electron chi connectivity index (χ4n) is 2.24. The number of amides is 2. The maximum absolute atomic E-state index is 12.4. The summed E-state index contributed by atoms with van der Waals surface area (Å²) in [5, 5.41) is 3.22. The second kappa shape index (κ2) is 7.79. The molecule has 4 nitrogen and oxygen atoms in total. The van der Waals surface area contributed by atoms with Crippen molar-refractivity contribution in [3.63, 3.8) is 0 Å². The summed E-state index contributed by atoms with van der Waals surface area (Å²) in [6.07, 6.45) is 0. The SMILES string of the molecule is CCN(CC)C(=O)c1cccc(C(=O)Nc2ccccc2Cl)c1. The monoisotopic (exact) mass is 330 g/mol. The van der Waals surface area contributed by atoms with Crippen molar-refractivity contribution in [1.29, 1.82) is 0 Å². The van der Waals surface area contributed by atoms with Gasteiger partial charge in [0, 0.05) is 24.2 Å². The number of benzene rings is 2. The van der Waals surface area contributed by atoms with Gasteiger partial charge in [0.1, 0.15) is 0 Å². The van der Waals surface area contributed by atoms with Crippen molar-refractivity contribution in [2.24, 2.45) is 0 Å². The molecule has 0 radical (unpaired) electrons. The highest BCUT2D eigenvalue weighted by Gasteiger charge is 2.15. The van der Waals surface area contributed by atoms with Crippen LogP contribution in [0.2, 0.25) is 5.02 Å². The normalized spacial score (nSPS) is 10.2. The lowest BCUT2D eigenvalue weighted by molar-refractivity contribution is 0.0773. The summed E-state index contributed by atoms with van der Waals surface area (Å²) in [7, 11) is 0. The van der Waals surface area contributed by atoms with Gasteiger partial charge in [-0.15, -0.1) is 0 Å². The zero-order valence-electron chi connectivity index (χ0n) is 13.2. The fraction of sp³-hybridized carbons (Fsp3) is 0.222. The standard InChI is InChI=1S/C18H19ClN2O2/c1-3-21(4-2)18(23)14-9-7-8-13(12-14)17(22)20-16-11-6-5-10-15(16)19/h5-12H,3-4H2,1-2H3,(H,20,22). The van der Waals surface area contributed by atoms with Crippen LogP contribution in [0.5, 0.6) is 0 Å². The van der Waals surface area contributed by atoms with Gasteiger partial charge in [0.25, 0.3) is 11.8 Å². The first-order chi connectivity index (χ1) is 11.1. The van der Waals surface area contributed by atoms with Gasteiger partial charge in [-0.25, -0.2) is 0 Å². The van der Waals surface area contributed by atoms with Crippen LogP contribution in [0, 0.1) is 0 Å². The number of hydrogen-bond acceptors (Lipinski definition) is 2. The number of carbonyl (C=O) groups is 2. The van der Waals surface area contributed by atoms with Gasteiger partial charge in [-0.2, -0.15) is 0 Å². The molecule has 0 bridgehead atoms. The number of hydrogen-bond donors (Lipinski definition) is 1. The van der Waals surface area contributed by atoms with E-state index in [4.69, 9.17) is 11.6 Å². The van der Waals surface area contributed by atoms with Crippen molar-refractivity contribution in [2.75, 3.05) is 18.4 Å². The van der Waals surface area contributed by atoms with E-state index >= 15 is 0 Å². The van der Waals surface area contributed by atoms with Gasteiger partial charge in [0.2, 0.25) is 0 Å². The number of rotatable bonds is 5. The Hall–Kier alpha value is -2.33. The molecule has 2 amide bonds. The molecular formula is C18H19ClN2O2. The largest absolute Gasteiger partial charge is 0.339 e. The van der Waals surface area contributed by atoms with Crippen LogP contribution in [0.15, 0.2) is 48.5 Å². The van der Waals surface area contributed by atoms with E-state index in [9.17, 15) is 9.59 Å². The lowest BCUT2D eigenvalue weighted by atomic mass is 10.1. The molecule has 1 N–H and O–H groups in total. The van der Waals surface area contributed by atoms with E-state index in [0.717, 1.165) is 0 Å². The van der Waals surface area contributed by atoms with Gasteiger partial charge < -0.3 is 10.2 Å². The van der Waals surface area contributed by atoms with Crippen molar-refractivity contribution in [1.82, 2.24) is 4.90 Å². The molecule has 5 heteroatoms. The van der Waals surface area contributed by atoms with Crippen LogP contribution in [-0.2, 0) is 0 Å². The Morgan fingerprint density at radius 1 is 1.00 bits per heavy atom. The maximum atomic E-state index is 12.4. The molecule has 120 valence electrons. The fourth-order valence-corrected chi connectivity index (χ4v) is 2.43. The molecule has 0 atom stereocenters. The Morgan fingerprint density at radius 2 is 1.65 bits per heavy atom. The van der Waals surface area contributed by atoms with Crippen LogP contribution in [0.4, 0.5) is 5.69 Å². The molecule has 0 aliphatic rings. The molecule has 0 aliphatic carbocycles. The molecule has 0 unspecified atom stereocenters. The predicted octanol–water partition coefficient (Wildman–Crippen LogP) is 4.07. The maximum Gasteiger partial charge on any atom is 0.255 e. The number of carbonyl (C=O) groups excluding carboxylic acids is 2. The molecule has 2 aromatic carbocycles. The van der Waals surface area contributed by atoms with Gasteiger partial charge >= 0.3 is 0 Å². The topological polar surface area (TPSA) is 49.4 Å². The molecule has 23 heavy (non-hydrogen) atoms. The zero-order chi connectivity index (χ0) is 16.8. The van der Waals surface area contributed by atoms with Crippen LogP contribution < -0.4 is 5.32 Å². The van der Waals surface area contributed by atoms with E-state index in [1.165, 1.54) is 0 Å². The summed E-state index contributed by atoms with van der Waals surface area (Å²) in [5.74, 6) is -0.380. The van der Waals surface area contributed by atoms with Gasteiger partial charge in [-0.3, -0.25) is 9.59 Å². The zero-order valence-corrected chi connectivity index (χ0v) is 13.9. The number of para-hydroxylation sites is 1. The summed E-state index contributed by atoms with van der Waals surface area (Å²) < 4.78 is 0. The minimum absolute atomic E-state index is 0.0811. The average molecular weight is 331 g/mol. The lowest BCUT2D eigenvalue weighted by Gasteiger charge is -2.18. The second-order valence-corrected chi connectivity index (χ2v) is 5.40. The molecule has 0 aromatic heterocycles. The third-order valence-corrected chi connectivity index (χ3v) is 3.87. The highest BCUT2D eigenvalue weighted by molar-refractivity contribution is 6.33. The summed E-state index contributed by atoms with van der Waals surface area (Å²) >= 11 is 6.04. The molecule has 2 rings (SSSR count). The number of nitrogens with one attached hydrogen (secondary N) is 1. The van der Waals surface area contributed by atoms with Crippen LogP contribution in [-0.4, -0.2) is 29.8 Å². The van der Waals surface area contributed by atoms with Crippen LogP contribution in [0.3, 0.4) is 0 Å². The summed E-state index contributed by atoms with van der Waals surface area (Å²) in [6.45, 7) is 5.11. The summed E-state index contributed by atoms with van der Waals surface area (Å²) in [6, 6.07) is 13.7. The second-order valence-electron chi connectivity index (χ2n) is 4.99. The molecule has 0 spiro atoms. The van der Waals surface area contributed by atoms with Gasteiger partial charge in [0.05, 0.1) is 10.7 Å². The van der Waals surface area contributed by atoms with Crippen molar-refractivity contribution in [3.05, 3.63) is 64.7 Å². The highest BCUT2D eigenvalue weighted by Crippen LogP contribution is 2.21. The highest BCUT2D eigenvalue weighted by atomic mass is 35.5. The molecule has 0 saturated carbocycles. The van der Waals surface area contributed by atoms with Crippen LogP contribution in [0.1, 0.15) is 34.6 Å². The first kappa shape index (κ1) is 17.0. The Labute approximate surface area is 141 Å². The molecular weight excluding hydrogens is 312 g/mol. The molecule has 0 heterocycles. The summed E-state index contributed by atoms with van der Waals surface area (Å²) in [4.78, 5) is 26.4. The number of anilines is 1. The Balaban J connectivity index is 2.21. The summed E-state index contributed by atoms with van der Waals surface area (Å²) in [5.41, 5.74) is 1.46. The van der Waals surface area contributed by atoms with Crippen LogP contribution in [0.25, 0.3) is 0 Å². The van der Waals surface area contributed by atoms with Crippen molar-refractivity contribution in [3.8, 4) is 0 Å². The number of nitrogens with zero attached hydrogens (tertiary/aromatic N) is 1. The van der Waals surface area contributed by atoms with E-state index in [0.29, 0.717) is 34.9 Å². The van der Waals surface area contributed by atoms with E-state index in [2.05, 4.69) is 5.32 Å². The smallest absolute Gasteiger partial charge is 0.255 e. The van der Waals surface area contributed by atoms with E-state index < -0.39 is 0 Å². The third-order valence-electron chi connectivity index (χ3n) is 3.54. The van der Waals surface area contributed by atoms with Gasteiger partial charge in [0.15, 0.2) is 0 Å². The van der Waals surface area contributed by atoms with Crippen LogP contribution >= 0.6 is 11.6 Å². The van der Waals surface area contributed by atoms with Crippen molar-refractivity contribution in [2.45, 2.75) is 13.8 Å². The van der Waals surface area contributed by atoms with E-state index in [1.54, 1.807) is 53.4 Å². The molecule has 2 aromatic rings. The molecule has 0 saturated heterocycles. The van der Waals surface area contributed by atoms with Gasteiger partial charge in [-0.05, 0) is 44.2 Å². The first-order valence-electron chi connectivity index (χ1n) is 7.52. The van der Waals surface area contributed by atoms with E-state index in [-0.39, 0.29) is 11.8 Å². The minimum Gasteiger partial charge on any atom is -0.339 e. The average Bonchev–Trinajstić information content (AvgIpc) is 2.58. The lowest BCUT2D eigenvalue weighted by Crippen LogP contribution is -2.30. The van der Waals surface area contributed by atoms with E-state index in [1.807, 2.05) is 13.8 Å². The predicted molar refractivity (Wildman–Crippen MR) is 93.1 cm³/mol. The first-order valence-corrected chi connectivity index (χ1v) is 7.89.